The lowest BCUT2D eigenvalue weighted by Gasteiger charge is -2.08. The van der Waals surface area contributed by atoms with E-state index < -0.39 is 0 Å². The summed E-state index contributed by atoms with van der Waals surface area (Å²) in [5.41, 5.74) is 1.97. The maximum atomic E-state index is 12.6. The molecule has 3 aromatic heterocycles. The van der Waals surface area contributed by atoms with Gasteiger partial charge in [-0.3, -0.25) is 19.4 Å². The van der Waals surface area contributed by atoms with Gasteiger partial charge in [0.25, 0.3) is 5.56 Å². The maximum Gasteiger partial charge on any atom is 0.278 e. The second-order valence-electron chi connectivity index (χ2n) is 6.61. The average Bonchev–Trinajstić information content (AvgIpc) is 3.18. The number of ether oxygens (including phenoxy) is 1. The number of hydrogen-bond donors (Lipinski definition) is 3. The van der Waals surface area contributed by atoms with Crippen LogP contribution in [0.15, 0.2) is 47.5 Å². The molecule has 0 amide bonds. The van der Waals surface area contributed by atoms with Crippen molar-refractivity contribution < 1.29 is 9.84 Å². The zero-order valence-corrected chi connectivity index (χ0v) is 18.9. The summed E-state index contributed by atoms with van der Waals surface area (Å²) in [7, 11) is 0. The summed E-state index contributed by atoms with van der Waals surface area (Å²) in [6, 6.07) is 8.70. The Balaban J connectivity index is 0.00000289. The summed E-state index contributed by atoms with van der Waals surface area (Å²) < 4.78 is 7.17. The molecule has 0 atom stereocenters. The van der Waals surface area contributed by atoms with E-state index in [-0.39, 0.29) is 31.2 Å². The van der Waals surface area contributed by atoms with E-state index >= 15 is 0 Å². The Kier molecular flexibility index (Phi) is 7.92. The number of fused-ring (bicyclic) bond motifs is 1. The molecule has 0 unspecified atom stereocenters. The van der Waals surface area contributed by atoms with E-state index in [0.717, 1.165) is 5.56 Å². The van der Waals surface area contributed by atoms with Gasteiger partial charge < -0.3 is 15.2 Å². The van der Waals surface area contributed by atoms with Crippen molar-refractivity contribution in [2.45, 2.75) is 19.7 Å². The first-order valence-corrected chi connectivity index (χ1v) is 10.1. The zero-order valence-electron chi connectivity index (χ0n) is 16.6. The molecule has 0 fully saturated rings. The Bertz CT molecular complexity index is 1260. The van der Waals surface area contributed by atoms with Crippen LogP contribution in [-0.4, -0.2) is 36.4 Å². The summed E-state index contributed by atoms with van der Waals surface area (Å²) >= 11 is 12.0. The molecule has 4 rings (SSSR count). The van der Waals surface area contributed by atoms with Gasteiger partial charge in [-0.25, -0.2) is 4.98 Å². The smallest absolute Gasteiger partial charge is 0.278 e. The third-order valence-electron chi connectivity index (χ3n) is 4.47. The topological polar surface area (TPSA) is 118 Å². The molecule has 0 bridgehead atoms. The fraction of sp³-hybridized carbons (Fsp3) is 0.200. The molecule has 0 saturated carbocycles. The molecule has 168 valence electrons. The van der Waals surface area contributed by atoms with Gasteiger partial charge in [0.2, 0.25) is 5.95 Å². The highest BCUT2D eigenvalue weighted by Gasteiger charge is 2.11. The molecule has 0 aliphatic rings. The highest BCUT2D eigenvalue weighted by molar-refractivity contribution is 6.42. The van der Waals surface area contributed by atoms with Crippen LogP contribution in [0.3, 0.4) is 0 Å². The molecule has 3 N–H and O–H groups in total. The van der Waals surface area contributed by atoms with Crippen LogP contribution in [-0.2, 0) is 19.7 Å². The number of rotatable bonds is 8. The van der Waals surface area contributed by atoms with Crippen LogP contribution < -0.4 is 15.6 Å². The lowest BCUT2D eigenvalue weighted by atomic mass is 10.2. The van der Waals surface area contributed by atoms with Crippen molar-refractivity contribution in [3.63, 3.8) is 0 Å². The predicted octanol–water partition coefficient (Wildman–Crippen LogP) is 3.43. The predicted molar refractivity (Wildman–Crippen MR) is 125 cm³/mol. The second-order valence-corrected chi connectivity index (χ2v) is 7.42. The lowest BCUT2D eigenvalue weighted by molar-refractivity contribution is 0.274. The summed E-state index contributed by atoms with van der Waals surface area (Å²) in [6.07, 6.45) is 3.07. The number of aromatic amines is 1. The number of aliphatic hydroxyl groups is 1. The Morgan fingerprint density at radius 2 is 2.00 bits per heavy atom. The number of benzene rings is 1. The van der Waals surface area contributed by atoms with E-state index in [1.54, 1.807) is 28.9 Å². The summed E-state index contributed by atoms with van der Waals surface area (Å²) in [5.74, 6) is 0.893. The monoisotopic (exact) mass is 496 g/mol. The molecule has 0 radical (unpaired) electrons. The normalized spacial score (nSPS) is 10.7. The number of nitrogens with one attached hydrogen (secondary N) is 2. The standard InChI is InChI=1S/C20H18Cl2N6O3.ClH/c21-15-4-1-12(7-16(15)22)8-24-20-26-17-10-25-28(18(17)19(30)27-20)5-6-31-14-3-2-13(11-29)23-9-14;/h1-4,7,9-10,29H,5-6,8,11H2,(H2,24,26,27,30);1H. The van der Waals surface area contributed by atoms with Crippen molar-refractivity contribution in [3.8, 4) is 5.75 Å². The number of H-pyrrole nitrogens is 1. The van der Waals surface area contributed by atoms with Gasteiger partial charge >= 0.3 is 0 Å². The van der Waals surface area contributed by atoms with Crippen LogP contribution in [0.4, 0.5) is 5.95 Å². The number of pyridine rings is 1. The van der Waals surface area contributed by atoms with Gasteiger partial charge in [-0.2, -0.15) is 5.10 Å². The van der Waals surface area contributed by atoms with E-state index in [1.165, 1.54) is 12.4 Å². The van der Waals surface area contributed by atoms with Gasteiger partial charge in [0.15, 0.2) is 5.52 Å². The van der Waals surface area contributed by atoms with E-state index in [1.807, 2.05) is 6.07 Å². The average molecular weight is 498 g/mol. The summed E-state index contributed by atoms with van der Waals surface area (Å²) in [4.78, 5) is 23.8. The van der Waals surface area contributed by atoms with Crippen LogP contribution in [0.25, 0.3) is 11.0 Å². The fourth-order valence-corrected chi connectivity index (χ4v) is 3.26. The quantitative estimate of drug-likeness (QED) is 0.341. The molecule has 4 aromatic rings. The zero-order chi connectivity index (χ0) is 21.8. The van der Waals surface area contributed by atoms with Crippen LogP contribution in [0.1, 0.15) is 11.3 Å². The highest BCUT2D eigenvalue weighted by atomic mass is 35.5. The SMILES string of the molecule is Cl.O=c1[nH]c(NCc2ccc(Cl)c(Cl)c2)nc2cnn(CCOc3ccc(CO)nc3)c12. The van der Waals surface area contributed by atoms with Crippen molar-refractivity contribution in [2.75, 3.05) is 11.9 Å². The summed E-state index contributed by atoms with van der Waals surface area (Å²) in [6.45, 7) is 0.926. The molecule has 9 nitrogen and oxygen atoms in total. The minimum absolute atomic E-state index is 0. The molecule has 12 heteroatoms. The molecule has 0 aliphatic carbocycles. The number of hydrogen-bond acceptors (Lipinski definition) is 7. The van der Waals surface area contributed by atoms with Gasteiger partial charge in [0, 0.05) is 6.54 Å². The first kappa shape index (κ1) is 23.8. The van der Waals surface area contributed by atoms with Gasteiger partial charge in [-0.15, -0.1) is 12.4 Å². The molecule has 1 aromatic carbocycles. The lowest BCUT2D eigenvalue weighted by Crippen LogP contribution is -2.18. The number of nitrogens with zero attached hydrogens (tertiary/aromatic N) is 4. The van der Waals surface area contributed by atoms with E-state index in [0.29, 0.717) is 51.6 Å². The van der Waals surface area contributed by atoms with E-state index in [2.05, 4.69) is 25.4 Å². The Morgan fingerprint density at radius 3 is 2.72 bits per heavy atom. The third-order valence-corrected chi connectivity index (χ3v) is 5.21. The minimum Gasteiger partial charge on any atom is -0.490 e. The van der Waals surface area contributed by atoms with Gasteiger partial charge in [-0.1, -0.05) is 29.3 Å². The number of halogens is 3. The highest BCUT2D eigenvalue weighted by Crippen LogP contribution is 2.23. The fourth-order valence-electron chi connectivity index (χ4n) is 2.93. The molecular weight excluding hydrogens is 479 g/mol. The van der Waals surface area contributed by atoms with Crippen molar-refractivity contribution in [1.82, 2.24) is 24.7 Å². The summed E-state index contributed by atoms with van der Waals surface area (Å²) in [5, 5.41) is 17.3. The molecule has 0 spiro atoms. The number of aromatic nitrogens is 5. The van der Waals surface area contributed by atoms with Crippen LogP contribution in [0.2, 0.25) is 10.0 Å². The van der Waals surface area contributed by atoms with Crippen LogP contribution in [0.5, 0.6) is 5.75 Å². The van der Waals surface area contributed by atoms with Gasteiger partial charge in [0.1, 0.15) is 17.9 Å². The molecule has 32 heavy (non-hydrogen) atoms. The first-order chi connectivity index (χ1) is 15.0. The molecular formula is C20H19Cl3N6O3. The number of aliphatic hydroxyl groups excluding tert-OH is 1. The van der Waals surface area contributed by atoms with E-state index in [9.17, 15) is 4.79 Å². The Labute approximate surface area is 198 Å². The third kappa shape index (κ3) is 5.49. The second kappa shape index (κ2) is 10.6. The maximum absolute atomic E-state index is 12.6. The minimum atomic E-state index is -0.312. The van der Waals surface area contributed by atoms with Gasteiger partial charge in [-0.05, 0) is 29.8 Å². The molecule has 0 aliphatic heterocycles. The molecule has 0 saturated heterocycles. The Hall–Kier alpha value is -2.85. The van der Waals surface area contributed by atoms with Crippen LogP contribution >= 0.6 is 35.6 Å². The van der Waals surface area contributed by atoms with Crippen molar-refractivity contribution in [1.29, 1.82) is 0 Å². The van der Waals surface area contributed by atoms with Crippen LogP contribution in [0, 0.1) is 0 Å². The largest absolute Gasteiger partial charge is 0.490 e. The Morgan fingerprint density at radius 1 is 1.16 bits per heavy atom. The van der Waals surface area contributed by atoms with Crippen molar-refractivity contribution >= 4 is 52.6 Å². The first-order valence-electron chi connectivity index (χ1n) is 9.35. The molecule has 3 heterocycles. The van der Waals surface area contributed by atoms with E-state index in [4.69, 9.17) is 33.0 Å². The number of anilines is 1. The van der Waals surface area contributed by atoms with Gasteiger partial charge in [0.05, 0.1) is 41.3 Å². The van der Waals surface area contributed by atoms with Crippen molar-refractivity contribution in [3.05, 3.63) is 74.4 Å². The van der Waals surface area contributed by atoms with Crippen molar-refractivity contribution in [2.24, 2.45) is 0 Å².